The highest BCUT2D eigenvalue weighted by Gasteiger charge is 2.06. The number of rotatable bonds is 13. The molecule has 110 valence electrons. The SMILES string of the molecule is CCCCCCCCCCC(C)CN(CC)CC. The molecule has 1 nitrogen and oxygen atoms in total. The fourth-order valence-corrected chi connectivity index (χ4v) is 2.64. The normalized spacial score (nSPS) is 13.2. The van der Waals surface area contributed by atoms with Gasteiger partial charge in [0, 0.05) is 6.54 Å². The van der Waals surface area contributed by atoms with Gasteiger partial charge in [0.15, 0.2) is 0 Å². The minimum absolute atomic E-state index is 0.880. The summed E-state index contributed by atoms with van der Waals surface area (Å²) in [5.74, 6) is 0.880. The van der Waals surface area contributed by atoms with Gasteiger partial charge in [-0.1, -0.05) is 79.1 Å². The van der Waals surface area contributed by atoms with Gasteiger partial charge < -0.3 is 4.90 Å². The lowest BCUT2D eigenvalue weighted by molar-refractivity contribution is 0.251. The Bertz CT molecular complexity index is 152. The maximum atomic E-state index is 2.55. The summed E-state index contributed by atoms with van der Waals surface area (Å²) in [5.41, 5.74) is 0. The van der Waals surface area contributed by atoms with E-state index in [1.54, 1.807) is 0 Å². The zero-order valence-electron chi connectivity index (χ0n) is 13.5. The number of hydrogen-bond donors (Lipinski definition) is 0. The summed E-state index contributed by atoms with van der Waals surface area (Å²) in [5, 5.41) is 0. The van der Waals surface area contributed by atoms with Crippen molar-refractivity contribution in [3.05, 3.63) is 0 Å². The Kier molecular flexibility index (Phi) is 13.4. The van der Waals surface area contributed by atoms with Gasteiger partial charge in [0.1, 0.15) is 0 Å². The summed E-state index contributed by atoms with van der Waals surface area (Å²) in [7, 11) is 0. The van der Waals surface area contributed by atoms with E-state index in [0.717, 1.165) is 5.92 Å². The van der Waals surface area contributed by atoms with Crippen LogP contribution in [-0.2, 0) is 0 Å². The Hall–Kier alpha value is -0.0400. The van der Waals surface area contributed by atoms with Gasteiger partial charge >= 0.3 is 0 Å². The topological polar surface area (TPSA) is 3.24 Å². The Morgan fingerprint density at radius 3 is 1.72 bits per heavy atom. The molecule has 0 aliphatic rings. The van der Waals surface area contributed by atoms with Crippen LogP contribution in [0.25, 0.3) is 0 Å². The number of unbranched alkanes of at least 4 members (excludes halogenated alkanes) is 7. The number of hydrogen-bond acceptors (Lipinski definition) is 1. The maximum Gasteiger partial charge on any atom is 0.000679 e. The monoisotopic (exact) mass is 255 g/mol. The van der Waals surface area contributed by atoms with E-state index in [4.69, 9.17) is 0 Å². The van der Waals surface area contributed by atoms with Gasteiger partial charge in [-0.15, -0.1) is 0 Å². The van der Waals surface area contributed by atoms with E-state index in [-0.39, 0.29) is 0 Å². The quantitative estimate of drug-likeness (QED) is 0.393. The molecule has 0 heterocycles. The smallest absolute Gasteiger partial charge is 0.000679 e. The largest absolute Gasteiger partial charge is 0.304 e. The first kappa shape index (κ1) is 18.0. The minimum Gasteiger partial charge on any atom is -0.304 e. The first-order valence-electron chi connectivity index (χ1n) is 8.46. The Morgan fingerprint density at radius 2 is 1.22 bits per heavy atom. The van der Waals surface area contributed by atoms with Gasteiger partial charge in [0.2, 0.25) is 0 Å². The predicted octanol–water partition coefficient (Wildman–Crippen LogP) is 5.50. The van der Waals surface area contributed by atoms with E-state index in [2.05, 4.69) is 32.6 Å². The molecule has 18 heavy (non-hydrogen) atoms. The Morgan fingerprint density at radius 1 is 0.722 bits per heavy atom. The summed E-state index contributed by atoms with van der Waals surface area (Å²) < 4.78 is 0. The summed E-state index contributed by atoms with van der Waals surface area (Å²) in [4.78, 5) is 2.55. The van der Waals surface area contributed by atoms with Crippen LogP contribution in [0.3, 0.4) is 0 Å². The van der Waals surface area contributed by atoms with Crippen LogP contribution in [0.2, 0.25) is 0 Å². The second kappa shape index (κ2) is 13.4. The molecule has 0 rings (SSSR count). The van der Waals surface area contributed by atoms with Crippen molar-refractivity contribution < 1.29 is 0 Å². The highest BCUT2D eigenvalue weighted by atomic mass is 15.1. The first-order chi connectivity index (χ1) is 8.74. The lowest BCUT2D eigenvalue weighted by Crippen LogP contribution is -2.28. The zero-order chi connectivity index (χ0) is 13.6. The predicted molar refractivity (Wildman–Crippen MR) is 84.2 cm³/mol. The summed E-state index contributed by atoms with van der Waals surface area (Å²) >= 11 is 0. The van der Waals surface area contributed by atoms with Crippen molar-refractivity contribution in [3.8, 4) is 0 Å². The molecule has 0 amide bonds. The van der Waals surface area contributed by atoms with Crippen LogP contribution in [0.4, 0.5) is 0 Å². The molecule has 0 spiro atoms. The van der Waals surface area contributed by atoms with Crippen LogP contribution in [0.5, 0.6) is 0 Å². The lowest BCUT2D eigenvalue weighted by atomic mass is 10.0. The molecule has 0 N–H and O–H groups in total. The molecule has 1 heteroatoms. The Labute approximate surface area is 116 Å². The van der Waals surface area contributed by atoms with E-state index in [1.165, 1.54) is 77.4 Å². The highest BCUT2D eigenvalue weighted by Crippen LogP contribution is 2.14. The third-order valence-corrected chi connectivity index (χ3v) is 4.01. The molecule has 0 aromatic heterocycles. The van der Waals surface area contributed by atoms with Gasteiger partial charge in [-0.2, -0.15) is 0 Å². The lowest BCUT2D eigenvalue weighted by Gasteiger charge is -2.22. The van der Waals surface area contributed by atoms with E-state index in [9.17, 15) is 0 Å². The van der Waals surface area contributed by atoms with Crippen LogP contribution in [0.1, 0.15) is 85.5 Å². The second-order valence-electron chi connectivity index (χ2n) is 5.85. The average molecular weight is 255 g/mol. The fourth-order valence-electron chi connectivity index (χ4n) is 2.64. The molecule has 0 fully saturated rings. The third kappa shape index (κ3) is 11.1. The molecule has 0 aromatic carbocycles. The molecule has 1 atom stereocenters. The molecule has 1 unspecified atom stereocenters. The highest BCUT2D eigenvalue weighted by molar-refractivity contribution is 4.60. The molecule has 0 saturated heterocycles. The van der Waals surface area contributed by atoms with Crippen molar-refractivity contribution in [2.24, 2.45) is 5.92 Å². The molecule has 0 radical (unpaired) electrons. The summed E-state index contributed by atoms with van der Waals surface area (Å²) in [6.07, 6.45) is 12.9. The van der Waals surface area contributed by atoms with E-state index in [1.807, 2.05) is 0 Å². The fraction of sp³-hybridized carbons (Fsp3) is 1.00. The molecule has 0 saturated carbocycles. The van der Waals surface area contributed by atoms with Crippen LogP contribution in [0, 0.1) is 5.92 Å². The van der Waals surface area contributed by atoms with Gasteiger partial charge in [-0.25, -0.2) is 0 Å². The van der Waals surface area contributed by atoms with Gasteiger partial charge in [-0.3, -0.25) is 0 Å². The number of nitrogens with zero attached hydrogens (tertiary/aromatic N) is 1. The van der Waals surface area contributed by atoms with Crippen LogP contribution < -0.4 is 0 Å². The zero-order valence-corrected chi connectivity index (χ0v) is 13.5. The van der Waals surface area contributed by atoms with Crippen molar-refractivity contribution in [2.45, 2.75) is 85.5 Å². The van der Waals surface area contributed by atoms with Gasteiger partial charge in [0.25, 0.3) is 0 Å². The van der Waals surface area contributed by atoms with Crippen LogP contribution in [-0.4, -0.2) is 24.5 Å². The van der Waals surface area contributed by atoms with Crippen molar-refractivity contribution in [3.63, 3.8) is 0 Å². The molecule has 0 bridgehead atoms. The van der Waals surface area contributed by atoms with Gasteiger partial charge in [0.05, 0.1) is 0 Å². The average Bonchev–Trinajstić information content (AvgIpc) is 2.39. The molecular weight excluding hydrogens is 218 g/mol. The summed E-state index contributed by atoms with van der Waals surface area (Å²) in [6, 6.07) is 0. The molecule has 0 aliphatic carbocycles. The van der Waals surface area contributed by atoms with E-state index >= 15 is 0 Å². The second-order valence-corrected chi connectivity index (χ2v) is 5.85. The van der Waals surface area contributed by atoms with Crippen molar-refractivity contribution in [1.82, 2.24) is 4.90 Å². The van der Waals surface area contributed by atoms with E-state index < -0.39 is 0 Å². The summed E-state index contributed by atoms with van der Waals surface area (Å²) in [6.45, 7) is 13.0. The van der Waals surface area contributed by atoms with Crippen LogP contribution >= 0.6 is 0 Å². The molecule has 0 aliphatic heterocycles. The molecular formula is C17H37N. The van der Waals surface area contributed by atoms with Crippen molar-refractivity contribution in [2.75, 3.05) is 19.6 Å². The van der Waals surface area contributed by atoms with E-state index in [0.29, 0.717) is 0 Å². The van der Waals surface area contributed by atoms with Gasteiger partial charge in [-0.05, 0) is 25.4 Å². The van der Waals surface area contributed by atoms with Crippen molar-refractivity contribution in [1.29, 1.82) is 0 Å². The third-order valence-electron chi connectivity index (χ3n) is 4.01. The maximum absolute atomic E-state index is 2.55. The first-order valence-corrected chi connectivity index (χ1v) is 8.46. The minimum atomic E-state index is 0.880. The van der Waals surface area contributed by atoms with Crippen molar-refractivity contribution >= 4 is 0 Å². The molecule has 0 aromatic rings. The Balaban J connectivity index is 3.27. The van der Waals surface area contributed by atoms with Crippen LogP contribution in [0.15, 0.2) is 0 Å². The standard InChI is InChI=1S/C17H37N/c1-5-8-9-10-11-12-13-14-15-17(4)16-18(6-2)7-3/h17H,5-16H2,1-4H3.